The molecule has 2 aromatic rings. The van der Waals surface area contributed by atoms with Gasteiger partial charge in [0.2, 0.25) is 0 Å². The minimum absolute atomic E-state index is 0.757. The third-order valence-electron chi connectivity index (χ3n) is 4.76. The van der Waals surface area contributed by atoms with Gasteiger partial charge in [-0.15, -0.1) is 0 Å². The number of nitrogens with zero attached hydrogens (tertiary/aromatic N) is 3. The predicted octanol–water partition coefficient (Wildman–Crippen LogP) is 4.07. The molecule has 0 aliphatic heterocycles. The van der Waals surface area contributed by atoms with Crippen molar-refractivity contribution in [3.8, 4) is 5.69 Å². The molecule has 2 aliphatic rings. The standard InChI is InChI=1S/C17H20ClN3/c1-2-16-19-17(10-12-9-15(12)11-3-4-11)21(20-16)14-7-5-13(18)6-8-14/h5-8,11-12,15H,2-4,9-10H2,1H3/t12-,15-/m0/s1. The van der Waals surface area contributed by atoms with Crippen molar-refractivity contribution in [2.24, 2.45) is 17.8 Å². The van der Waals surface area contributed by atoms with Gasteiger partial charge in [0, 0.05) is 17.9 Å². The molecule has 0 unspecified atom stereocenters. The van der Waals surface area contributed by atoms with E-state index in [1.54, 1.807) is 0 Å². The van der Waals surface area contributed by atoms with Crippen LogP contribution < -0.4 is 0 Å². The lowest BCUT2D eigenvalue weighted by molar-refractivity contribution is 0.604. The van der Waals surface area contributed by atoms with Crippen LogP contribution >= 0.6 is 11.6 Å². The lowest BCUT2D eigenvalue weighted by Crippen LogP contribution is -2.05. The van der Waals surface area contributed by atoms with Gasteiger partial charge >= 0.3 is 0 Å². The summed E-state index contributed by atoms with van der Waals surface area (Å²) in [5, 5.41) is 5.41. The summed E-state index contributed by atoms with van der Waals surface area (Å²) >= 11 is 5.98. The fourth-order valence-corrected chi connectivity index (χ4v) is 3.43. The molecule has 2 aliphatic carbocycles. The van der Waals surface area contributed by atoms with Crippen LogP contribution in [0.25, 0.3) is 5.69 Å². The van der Waals surface area contributed by atoms with E-state index in [1.807, 2.05) is 28.9 Å². The maximum absolute atomic E-state index is 5.98. The van der Waals surface area contributed by atoms with Gasteiger partial charge in [0.05, 0.1) is 5.69 Å². The average molecular weight is 302 g/mol. The second kappa shape index (κ2) is 5.13. The van der Waals surface area contributed by atoms with Crippen LogP contribution in [0.4, 0.5) is 0 Å². The Labute approximate surface area is 130 Å². The van der Waals surface area contributed by atoms with E-state index in [0.717, 1.165) is 53.0 Å². The Kier molecular flexibility index (Phi) is 3.26. The highest BCUT2D eigenvalue weighted by molar-refractivity contribution is 6.30. The molecule has 110 valence electrons. The summed E-state index contributed by atoms with van der Waals surface area (Å²) in [5.74, 6) is 4.86. The number of halogens is 1. The first-order chi connectivity index (χ1) is 10.2. The van der Waals surface area contributed by atoms with E-state index in [2.05, 4.69) is 12.0 Å². The molecule has 4 rings (SSSR count). The molecule has 3 nitrogen and oxygen atoms in total. The molecule has 0 radical (unpaired) electrons. The molecule has 2 saturated carbocycles. The Morgan fingerprint density at radius 1 is 1.24 bits per heavy atom. The molecule has 2 fully saturated rings. The Bertz CT molecular complexity index is 643. The van der Waals surface area contributed by atoms with Gasteiger partial charge in [-0.25, -0.2) is 9.67 Å². The lowest BCUT2D eigenvalue weighted by atomic mass is 10.1. The van der Waals surface area contributed by atoms with E-state index < -0.39 is 0 Å². The fraction of sp³-hybridized carbons (Fsp3) is 0.529. The van der Waals surface area contributed by atoms with Gasteiger partial charge in [0.25, 0.3) is 0 Å². The second-order valence-corrected chi connectivity index (χ2v) is 6.82. The quantitative estimate of drug-likeness (QED) is 0.833. The van der Waals surface area contributed by atoms with Gasteiger partial charge in [0.15, 0.2) is 5.82 Å². The van der Waals surface area contributed by atoms with Gasteiger partial charge in [-0.05, 0) is 61.3 Å². The highest BCUT2D eigenvalue weighted by Crippen LogP contribution is 2.55. The Balaban J connectivity index is 1.59. The molecule has 0 N–H and O–H groups in total. The van der Waals surface area contributed by atoms with Gasteiger partial charge in [-0.2, -0.15) is 5.10 Å². The van der Waals surface area contributed by atoms with Gasteiger partial charge in [0.1, 0.15) is 5.82 Å². The SMILES string of the molecule is CCc1nc(C[C@@H]2C[C@H]2C2CC2)n(-c2ccc(Cl)cc2)n1. The van der Waals surface area contributed by atoms with Crippen molar-refractivity contribution < 1.29 is 0 Å². The largest absolute Gasteiger partial charge is 0.218 e. The molecule has 0 saturated heterocycles. The minimum atomic E-state index is 0.757. The van der Waals surface area contributed by atoms with E-state index in [0.29, 0.717) is 0 Å². The Morgan fingerprint density at radius 2 is 2.00 bits per heavy atom. The maximum Gasteiger partial charge on any atom is 0.151 e. The normalized spacial score (nSPS) is 24.3. The molecular formula is C17H20ClN3. The second-order valence-electron chi connectivity index (χ2n) is 6.39. The van der Waals surface area contributed by atoms with Crippen molar-refractivity contribution >= 4 is 11.6 Å². The number of rotatable bonds is 5. The van der Waals surface area contributed by atoms with Crippen LogP contribution in [0.15, 0.2) is 24.3 Å². The molecule has 4 heteroatoms. The maximum atomic E-state index is 5.98. The van der Waals surface area contributed by atoms with Crippen LogP contribution in [-0.2, 0) is 12.8 Å². The Hall–Kier alpha value is -1.35. The minimum Gasteiger partial charge on any atom is -0.218 e. The molecule has 21 heavy (non-hydrogen) atoms. The zero-order valence-electron chi connectivity index (χ0n) is 12.3. The Morgan fingerprint density at radius 3 is 2.67 bits per heavy atom. The first kappa shape index (κ1) is 13.3. The van der Waals surface area contributed by atoms with Crippen molar-refractivity contribution in [2.45, 2.75) is 39.0 Å². The topological polar surface area (TPSA) is 30.7 Å². The number of hydrogen-bond acceptors (Lipinski definition) is 2. The fourth-order valence-electron chi connectivity index (χ4n) is 3.30. The summed E-state index contributed by atoms with van der Waals surface area (Å²) in [6.07, 6.45) is 6.23. The van der Waals surface area contributed by atoms with E-state index in [4.69, 9.17) is 16.6 Å². The zero-order chi connectivity index (χ0) is 14.4. The monoisotopic (exact) mass is 301 g/mol. The van der Waals surface area contributed by atoms with Crippen molar-refractivity contribution in [3.63, 3.8) is 0 Å². The molecule has 0 bridgehead atoms. The predicted molar refractivity (Wildman–Crippen MR) is 83.8 cm³/mol. The van der Waals surface area contributed by atoms with E-state index >= 15 is 0 Å². The number of benzene rings is 1. The number of aromatic nitrogens is 3. The van der Waals surface area contributed by atoms with E-state index in [9.17, 15) is 0 Å². The van der Waals surface area contributed by atoms with Crippen molar-refractivity contribution in [3.05, 3.63) is 40.9 Å². The van der Waals surface area contributed by atoms with Crippen LogP contribution in [0, 0.1) is 17.8 Å². The molecule has 2 atom stereocenters. The van der Waals surface area contributed by atoms with Gasteiger partial charge < -0.3 is 0 Å². The van der Waals surface area contributed by atoms with Gasteiger partial charge in [-0.1, -0.05) is 18.5 Å². The van der Waals surface area contributed by atoms with E-state index in [-0.39, 0.29) is 0 Å². The highest BCUT2D eigenvalue weighted by Gasteiger charge is 2.47. The first-order valence-electron chi connectivity index (χ1n) is 7.95. The summed E-state index contributed by atoms with van der Waals surface area (Å²) in [5.41, 5.74) is 1.06. The van der Waals surface area contributed by atoms with Crippen LogP contribution in [-0.4, -0.2) is 14.8 Å². The van der Waals surface area contributed by atoms with Crippen molar-refractivity contribution in [1.82, 2.24) is 14.8 Å². The molecular weight excluding hydrogens is 282 g/mol. The molecule has 0 spiro atoms. The molecule has 0 amide bonds. The highest BCUT2D eigenvalue weighted by atomic mass is 35.5. The summed E-state index contributed by atoms with van der Waals surface area (Å²) in [4.78, 5) is 4.74. The molecule has 1 heterocycles. The number of hydrogen-bond donors (Lipinski definition) is 0. The van der Waals surface area contributed by atoms with E-state index in [1.165, 1.54) is 19.3 Å². The van der Waals surface area contributed by atoms with Crippen molar-refractivity contribution in [2.75, 3.05) is 0 Å². The van der Waals surface area contributed by atoms with Crippen LogP contribution in [0.1, 0.15) is 37.8 Å². The summed E-state index contributed by atoms with van der Waals surface area (Å²) < 4.78 is 2.01. The lowest BCUT2D eigenvalue weighted by Gasteiger charge is -2.05. The first-order valence-corrected chi connectivity index (χ1v) is 8.33. The molecule has 1 aromatic carbocycles. The number of aryl methyl sites for hydroxylation is 1. The molecule has 1 aromatic heterocycles. The average Bonchev–Trinajstić information content (AvgIpc) is 3.37. The van der Waals surface area contributed by atoms with Gasteiger partial charge in [-0.3, -0.25) is 0 Å². The third-order valence-corrected chi connectivity index (χ3v) is 5.01. The zero-order valence-corrected chi connectivity index (χ0v) is 13.1. The van der Waals surface area contributed by atoms with Crippen molar-refractivity contribution in [1.29, 1.82) is 0 Å². The summed E-state index contributed by atoms with van der Waals surface area (Å²) in [6.45, 7) is 2.11. The summed E-state index contributed by atoms with van der Waals surface area (Å²) in [6, 6.07) is 7.87. The van der Waals surface area contributed by atoms with Crippen LogP contribution in [0.5, 0.6) is 0 Å². The smallest absolute Gasteiger partial charge is 0.151 e. The summed E-state index contributed by atoms with van der Waals surface area (Å²) in [7, 11) is 0. The third kappa shape index (κ3) is 2.71. The van der Waals surface area contributed by atoms with Crippen LogP contribution in [0.3, 0.4) is 0 Å². The van der Waals surface area contributed by atoms with Crippen LogP contribution in [0.2, 0.25) is 5.02 Å².